The lowest BCUT2D eigenvalue weighted by atomic mass is 9.91. The van der Waals surface area contributed by atoms with Crippen LogP contribution in [-0.2, 0) is 0 Å². The molecule has 0 saturated carbocycles. The van der Waals surface area contributed by atoms with E-state index >= 15 is 0 Å². The molecule has 0 radical (unpaired) electrons. The molecule has 3 heterocycles. The maximum atomic E-state index is 5.62. The van der Waals surface area contributed by atoms with Crippen LogP contribution in [0.4, 0.5) is 5.69 Å². The van der Waals surface area contributed by atoms with Gasteiger partial charge >= 0.3 is 0 Å². The van der Waals surface area contributed by atoms with Gasteiger partial charge in [0.15, 0.2) is 0 Å². The molecule has 3 heteroatoms. The minimum absolute atomic E-state index is 0.283. The van der Waals surface area contributed by atoms with Gasteiger partial charge in [-0.2, -0.15) is 0 Å². The van der Waals surface area contributed by atoms with Gasteiger partial charge in [-0.25, -0.2) is 0 Å². The van der Waals surface area contributed by atoms with Gasteiger partial charge in [0.1, 0.15) is 5.76 Å². The van der Waals surface area contributed by atoms with Gasteiger partial charge in [0.25, 0.3) is 0 Å². The van der Waals surface area contributed by atoms with E-state index in [4.69, 9.17) is 4.42 Å². The first kappa shape index (κ1) is 12.0. The first-order chi connectivity index (χ1) is 9.92. The third kappa shape index (κ3) is 2.02. The van der Waals surface area contributed by atoms with Gasteiger partial charge in [-0.3, -0.25) is 4.90 Å². The summed E-state index contributed by atoms with van der Waals surface area (Å²) in [5.41, 5.74) is 2.70. The molecule has 1 fully saturated rings. The molecule has 0 unspecified atom stereocenters. The number of nitrogens with one attached hydrogen (secondary N) is 1. The SMILES string of the molecule is c1coc([C@@H]2C[C@H](N3CCCC3)c3ccccc3N2)c1. The molecule has 2 aromatic rings. The molecule has 0 bridgehead atoms. The third-order valence-corrected chi connectivity index (χ3v) is 4.58. The third-order valence-electron chi connectivity index (χ3n) is 4.58. The Kier molecular flexibility index (Phi) is 3.00. The first-order valence-electron chi connectivity index (χ1n) is 7.55. The van der Waals surface area contributed by atoms with Crippen LogP contribution >= 0.6 is 0 Å². The highest BCUT2D eigenvalue weighted by Crippen LogP contribution is 2.42. The lowest BCUT2D eigenvalue weighted by molar-refractivity contribution is 0.215. The van der Waals surface area contributed by atoms with Gasteiger partial charge in [-0.15, -0.1) is 0 Å². The second kappa shape index (κ2) is 4.98. The fourth-order valence-electron chi connectivity index (χ4n) is 3.59. The van der Waals surface area contributed by atoms with E-state index < -0.39 is 0 Å². The predicted molar refractivity (Wildman–Crippen MR) is 79.7 cm³/mol. The van der Waals surface area contributed by atoms with E-state index in [1.54, 1.807) is 6.26 Å². The van der Waals surface area contributed by atoms with Crippen LogP contribution in [0.15, 0.2) is 47.1 Å². The van der Waals surface area contributed by atoms with Crippen LogP contribution in [0.3, 0.4) is 0 Å². The van der Waals surface area contributed by atoms with Gasteiger partial charge in [0.05, 0.1) is 12.3 Å². The van der Waals surface area contributed by atoms with Crippen molar-refractivity contribution in [3.8, 4) is 0 Å². The van der Waals surface area contributed by atoms with E-state index in [2.05, 4.69) is 40.5 Å². The average molecular weight is 268 g/mol. The Morgan fingerprint density at radius 1 is 1.05 bits per heavy atom. The Balaban J connectivity index is 1.70. The summed E-state index contributed by atoms with van der Waals surface area (Å²) in [5, 5.41) is 3.63. The van der Waals surface area contributed by atoms with Crippen molar-refractivity contribution in [3.05, 3.63) is 54.0 Å². The van der Waals surface area contributed by atoms with Crippen LogP contribution in [0, 0.1) is 0 Å². The highest BCUT2D eigenvalue weighted by atomic mass is 16.3. The number of anilines is 1. The van der Waals surface area contributed by atoms with Crippen molar-refractivity contribution in [3.63, 3.8) is 0 Å². The second-order valence-corrected chi connectivity index (χ2v) is 5.79. The largest absolute Gasteiger partial charge is 0.467 e. The molecular formula is C17H20N2O. The Morgan fingerprint density at radius 2 is 1.90 bits per heavy atom. The van der Waals surface area contributed by atoms with Crippen molar-refractivity contribution >= 4 is 5.69 Å². The van der Waals surface area contributed by atoms with Crippen molar-refractivity contribution in [1.29, 1.82) is 0 Å². The van der Waals surface area contributed by atoms with Crippen LogP contribution < -0.4 is 5.32 Å². The Morgan fingerprint density at radius 3 is 2.70 bits per heavy atom. The summed E-state index contributed by atoms with van der Waals surface area (Å²) in [6.07, 6.45) is 5.52. The number of fused-ring (bicyclic) bond motifs is 1. The summed E-state index contributed by atoms with van der Waals surface area (Å²) >= 11 is 0. The summed E-state index contributed by atoms with van der Waals surface area (Å²) < 4.78 is 5.62. The van der Waals surface area contributed by atoms with Crippen LogP contribution in [0.1, 0.15) is 42.7 Å². The van der Waals surface area contributed by atoms with Crippen molar-refractivity contribution in [2.45, 2.75) is 31.3 Å². The van der Waals surface area contributed by atoms with Crippen LogP contribution in [0.25, 0.3) is 0 Å². The molecule has 2 atom stereocenters. The Labute approximate surface area is 119 Å². The van der Waals surface area contributed by atoms with Crippen molar-refractivity contribution in [2.24, 2.45) is 0 Å². The van der Waals surface area contributed by atoms with Gasteiger partial charge in [-0.05, 0) is 56.1 Å². The lowest BCUT2D eigenvalue weighted by Crippen LogP contribution is -2.32. The molecule has 0 aliphatic carbocycles. The molecule has 1 saturated heterocycles. The minimum atomic E-state index is 0.283. The molecule has 1 aromatic heterocycles. The topological polar surface area (TPSA) is 28.4 Å². The quantitative estimate of drug-likeness (QED) is 0.893. The minimum Gasteiger partial charge on any atom is -0.467 e. The molecule has 3 nitrogen and oxygen atoms in total. The summed E-state index contributed by atoms with van der Waals surface area (Å²) in [6.45, 7) is 2.45. The van der Waals surface area contributed by atoms with Crippen molar-refractivity contribution in [1.82, 2.24) is 4.90 Å². The molecule has 0 amide bonds. The van der Waals surface area contributed by atoms with E-state index in [-0.39, 0.29) is 6.04 Å². The maximum absolute atomic E-state index is 5.62. The average Bonchev–Trinajstić information content (AvgIpc) is 3.19. The number of rotatable bonds is 2. The standard InChI is InChI=1S/C17H20N2O/c1-2-7-14-13(6-1)16(19-9-3-4-10-19)12-15(18-14)17-8-5-11-20-17/h1-2,5-8,11,15-16,18H,3-4,9-10,12H2/t15-,16-/m0/s1. The fourth-order valence-corrected chi connectivity index (χ4v) is 3.59. The van der Waals surface area contributed by atoms with E-state index in [0.717, 1.165) is 12.2 Å². The number of hydrogen-bond acceptors (Lipinski definition) is 3. The number of para-hydroxylation sites is 1. The van der Waals surface area contributed by atoms with Crippen LogP contribution in [0.5, 0.6) is 0 Å². The zero-order valence-corrected chi connectivity index (χ0v) is 11.6. The molecule has 1 N–H and O–H groups in total. The summed E-state index contributed by atoms with van der Waals surface area (Å²) in [4.78, 5) is 2.63. The zero-order chi connectivity index (χ0) is 13.4. The van der Waals surface area contributed by atoms with Gasteiger partial charge < -0.3 is 9.73 Å². The van der Waals surface area contributed by atoms with E-state index in [9.17, 15) is 0 Å². The van der Waals surface area contributed by atoms with Gasteiger partial charge in [0.2, 0.25) is 0 Å². The van der Waals surface area contributed by atoms with Crippen LogP contribution in [0.2, 0.25) is 0 Å². The van der Waals surface area contributed by atoms with Crippen molar-refractivity contribution < 1.29 is 4.42 Å². The number of hydrogen-bond donors (Lipinski definition) is 1. The van der Waals surface area contributed by atoms with Crippen molar-refractivity contribution in [2.75, 3.05) is 18.4 Å². The number of benzene rings is 1. The van der Waals surface area contributed by atoms with E-state index in [0.29, 0.717) is 6.04 Å². The normalized spacial score (nSPS) is 26.2. The number of likely N-dealkylation sites (tertiary alicyclic amines) is 1. The molecular weight excluding hydrogens is 248 g/mol. The highest BCUT2D eigenvalue weighted by Gasteiger charge is 2.33. The molecule has 104 valence electrons. The Bertz CT molecular complexity index is 572. The van der Waals surface area contributed by atoms with Crippen LogP contribution in [-0.4, -0.2) is 18.0 Å². The molecule has 20 heavy (non-hydrogen) atoms. The lowest BCUT2D eigenvalue weighted by Gasteiger charge is -2.37. The number of furan rings is 1. The molecule has 2 aliphatic heterocycles. The fraction of sp³-hybridized carbons (Fsp3) is 0.412. The molecule has 1 aromatic carbocycles. The second-order valence-electron chi connectivity index (χ2n) is 5.79. The highest BCUT2D eigenvalue weighted by molar-refractivity contribution is 5.56. The molecule has 0 spiro atoms. The van der Waals surface area contributed by atoms with E-state index in [1.807, 2.05) is 6.07 Å². The maximum Gasteiger partial charge on any atom is 0.126 e. The summed E-state index contributed by atoms with van der Waals surface area (Å²) in [6, 6.07) is 13.6. The summed E-state index contributed by atoms with van der Waals surface area (Å²) in [5.74, 6) is 1.05. The smallest absolute Gasteiger partial charge is 0.126 e. The Hall–Kier alpha value is -1.74. The van der Waals surface area contributed by atoms with Gasteiger partial charge in [-0.1, -0.05) is 18.2 Å². The monoisotopic (exact) mass is 268 g/mol. The molecule has 4 rings (SSSR count). The first-order valence-corrected chi connectivity index (χ1v) is 7.55. The zero-order valence-electron chi connectivity index (χ0n) is 11.6. The number of nitrogens with zero attached hydrogens (tertiary/aromatic N) is 1. The summed E-state index contributed by atoms with van der Waals surface area (Å²) in [7, 11) is 0. The van der Waals surface area contributed by atoms with E-state index in [1.165, 1.54) is 37.2 Å². The van der Waals surface area contributed by atoms with Gasteiger partial charge in [0, 0.05) is 11.7 Å². The molecule has 2 aliphatic rings. The predicted octanol–water partition coefficient (Wildman–Crippen LogP) is 3.97.